The highest BCUT2D eigenvalue weighted by atomic mass is 16.5. The van der Waals surface area contributed by atoms with Crippen LogP contribution < -0.4 is 20.1 Å². The summed E-state index contributed by atoms with van der Waals surface area (Å²) in [7, 11) is 3.04. The van der Waals surface area contributed by atoms with Gasteiger partial charge in [-0.15, -0.1) is 0 Å². The topological polar surface area (TPSA) is 76.7 Å². The maximum atomic E-state index is 12.6. The Morgan fingerprint density at radius 1 is 1.00 bits per heavy atom. The van der Waals surface area contributed by atoms with Crippen molar-refractivity contribution in [2.75, 3.05) is 19.5 Å². The first-order valence-corrected chi connectivity index (χ1v) is 8.42. The third-order valence-corrected chi connectivity index (χ3v) is 4.02. The zero-order valence-electron chi connectivity index (χ0n) is 15.5. The number of ether oxygens (including phenoxy) is 2. The molecule has 0 aliphatic heterocycles. The molecular formula is C20H24N2O4. The minimum Gasteiger partial charge on any atom is -0.497 e. The van der Waals surface area contributed by atoms with E-state index in [0.717, 1.165) is 6.42 Å². The standard InChI is InChI=1S/C20H24N2O4/c1-5-13(2)21-20(24)17-8-6-7-9-18(17)22-19(23)14-10-15(25-3)12-16(11-14)26-4/h6-13H,5H2,1-4H3,(H,21,24)(H,22,23)/t13-/m0/s1. The van der Waals surface area contributed by atoms with Gasteiger partial charge in [-0.1, -0.05) is 19.1 Å². The van der Waals surface area contributed by atoms with Crippen LogP contribution in [0.1, 0.15) is 41.0 Å². The molecule has 26 heavy (non-hydrogen) atoms. The van der Waals surface area contributed by atoms with Crippen LogP contribution in [-0.2, 0) is 0 Å². The van der Waals surface area contributed by atoms with E-state index in [2.05, 4.69) is 10.6 Å². The first-order chi connectivity index (χ1) is 12.5. The molecule has 138 valence electrons. The van der Waals surface area contributed by atoms with E-state index in [0.29, 0.717) is 28.3 Å². The van der Waals surface area contributed by atoms with Crippen molar-refractivity contribution in [1.82, 2.24) is 5.32 Å². The van der Waals surface area contributed by atoms with Crippen molar-refractivity contribution in [1.29, 1.82) is 0 Å². The Balaban J connectivity index is 2.26. The summed E-state index contributed by atoms with van der Waals surface area (Å²) < 4.78 is 10.4. The van der Waals surface area contributed by atoms with Crippen LogP contribution in [0.25, 0.3) is 0 Å². The highest BCUT2D eigenvalue weighted by Crippen LogP contribution is 2.24. The summed E-state index contributed by atoms with van der Waals surface area (Å²) in [5.41, 5.74) is 1.23. The van der Waals surface area contributed by atoms with Crippen molar-refractivity contribution in [3.8, 4) is 11.5 Å². The summed E-state index contributed by atoms with van der Waals surface area (Å²) in [6.07, 6.45) is 0.823. The van der Waals surface area contributed by atoms with E-state index in [-0.39, 0.29) is 17.9 Å². The molecule has 0 saturated heterocycles. The van der Waals surface area contributed by atoms with Crippen molar-refractivity contribution in [2.24, 2.45) is 0 Å². The fourth-order valence-corrected chi connectivity index (χ4v) is 2.33. The van der Waals surface area contributed by atoms with Gasteiger partial charge >= 0.3 is 0 Å². The van der Waals surface area contributed by atoms with Crippen molar-refractivity contribution in [3.05, 3.63) is 53.6 Å². The Hall–Kier alpha value is -3.02. The molecule has 2 aromatic rings. The number of hydrogen-bond donors (Lipinski definition) is 2. The van der Waals surface area contributed by atoms with Crippen LogP contribution in [0.2, 0.25) is 0 Å². The van der Waals surface area contributed by atoms with Gasteiger partial charge in [0.15, 0.2) is 0 Å². The maximum absolute atomic E-state index is 12.6. The second kappa shape index (κ2) is 8.89. The lowest BCUT2D eigenvalue weighted by Gasteiger charge is -2.15. The Kier molecular flexibility index (Phi) is 6.60. The molecule has 6 nitrogen and oxygen atoms in total. The number of para-hydroxylation sites is 1. The molecule has 2 rings (SSSR count). The summed E-state index contributed by atoms with van der Waals surface area (Å²) >= 11 is 0. The molecule has 0 aliphatic carbocycles. The molecule has 2 N–H and O–H groups in total. The van der Waals surface area contributed by atoms with Crippen LogP contribution in [-0.4, -0.2) is 32.1 Å². The average molecular weight is 356 g/mol. The van der Waals surface area contributed by atoms with Crippen LogP contribution in [0, 0.1) is 0 Å². The zero-order valence-corrected chi connectivity index (χ0v) is 15.5. The molecule has 0 fully saturated rings. The van der Waals surface area contributed by atoms with Crippen molar-refractivity contribution < 1.29 is 19.1 Å². The molecule has 0 saturated carbocycles. The van der Waals surface area contributed by atoms with Gasteiger partial charge in [0.25, 0.3) is 11.8 Å². The first kappa shape index (κ1) is 19.3. The summed E-state index contributed by atoms with van der Waals surface area (Å²) in [5, 5.41) is 5.70. The summed E-state index contributed by atoms with van der Waals surface area (Å²) in [5.74, 6) is 0.444. The Labute approximate surface area is 153 Å². The van der Waals surface area contributed by atoms with Gasteiger partial charge in [0.2, 0.25) is 0 Å². The van der Waals surface area contributed by atoms with Crippen molar-refractivity contribution >= 4 is 17.5 Å². The molecule has 1 atom stereocenters. The summed E-state index contributed by atoms with van der Waals surface area (Å²) in [6.45, 7) is 3.93. The first-order valence-electron chi connectivity index (χ1n) is 8.42. The SMILES string of the molecule is CC[C@H](C)NC(=O)c1ccccc1NC(=O)c1cc(OC)cc(OC)c1. The van der Waals surface area contributed by atoms with Crippen LogP contribution in [0.3, 0.4) is 0 Å². The fourth-order valence-electron chi connectivity index (χ4n) is 2.33. The Morgan fingerprint density at radius 2 is 1.62 bits per heavy atom. The van der Waals surface area contributed by atoms with E-state index in [4.69, 9.17) is 9.47 Å². The second-order valence-corrected chi connectivity index (χ2v) is 5.88. The van der Waals surface area contributed by atoms with Gasteiger partial charge in [-0.25, -0.2) is 0 Å². The number of nitrogens with one attached hydrogen (secondary N) is 2. The Morgan fingerprint density at radius 3 is 2.19 bits per heavy atom. The van der Waals surface area contributed by atoms with Gasteiger partial charge in [0.05, 0.1) is 25.5 Å². The minimum absolute atomic E-state index is 0.0499. The molecular weight excluding hydrogens is 332 g/mol. The second-order valence-electron chi connectivity index (χ2n) is 5.88. The highest BCUT2D eigenvalue weighted by molar-refractivity contribution is 6.09. The van der Waals surface area contributed by atoms with Crippen LogP contribution in [0.4, 0.5) is 5.69 Å². The molecule has 6 heteroatoms. The molecule has 0 aliphatic rings. The van der Waals surface area contributed by atoms with Gasteiger partial charge in [0.1, 0.15) is 11.5 Å². The molecule has 2 amide bonds. The van der Waals surface area contributed by atoms with E-state index in [1.54, 1.807) is 42.5 Å². The molecule has 0 aromatic heterocycles. The lowest BCUT2D eigenvalue weighted by Crippen LogP contribution is -2.32. The normalized spacial score (nSPS) is 11.4. The number of carbonyl (C=O) groups is 2. The number of rotatable bonds is 7. The van der Waals surface area contributed by atoms with Crippen LogP contribution in [0.15, 0.2) is 42.5 Å². The molecule has 0 unspecified atom stereocenters. The van der Waals surface area contributed by atoms with Gasteiger partial charge < -0.3 is 20.1 Å². The van der Waals surface area contributed by atoms with E-state index < -0.39 is 0 Å². The largest absolute Gasteiger partial charge is 0.497 e. The maximum Gasteiger partial charge on any atom is 0.255 e. The molecule has 0 heterocycles. The van der Waals surface area contributed by atoms with Gasteiger partial charge in [-0.05, 0) is 37.6 Å². The van der Waals surface area contributed by atoms with Gasteiger partial charge in [-0.3, -0.25) is 9.59 Å². The lowest BCUT2D eigenvalue weighted by molar-refractivity contribution is 0.0940. The number of methoxy groups -OCH3 is 2. The molecule has 0 radical (unpaired) electrons. The summed E-state index contributed by atoms with van der Waals surface area (Å²) in [6, 6.07) is 11.9. The molecule has 2 aromatic carbocycles. The smallest absolute Gasteiger partial charge is 0.255 e. The van der Waals surface area contributed by atoms with E-state index in [9.17, 15) is 9.59 Å². The molecule has 0 spiro atoms. The quantitative estimate of drug-likeness (QED) is 0.796. The zero-order chi connectivity index (χ0) is 19.1. The lowest BCUT2D eigenvalue weighted by atomic mass is 10.1. The predicted molar refractivity (Wildman–Crippen MR) is 101 cm³/mol. The number of anilines is 1. The van der Waals surface area contributed by atoms with E-state index in [1.165, 1.54) is 14.2 Å². The van der Waals surface area contributed by atoms with Gasteiger partial charge in [0, 0.05) is 17.7 Å². The van der Waals surface area contributed by atoms with Crippen LogP contribution >= 0.6 is 0 Å². The van der Waals surface area contributed by atoms with Crippen molar-refractivity contribution in [3.63, 3.8) is 0 Å². The van der Waals surface area contributed by atoms with E-state index >= 15 is 0 Å². The average Bonchev–Trinajstić information content (AvgIpc) is 2.67. The number of benzene rings is 2. The van der Waals surface area contributed by atoms with Gasteiger partial charge in [-0.2, -0.15) is 0 Å². The Bertz CT molecular complexity index is 767. The summed E-state index contributed by atoms with van der Waals surface area (Å²) in [4.78, 5) is 25.1. The number of hydrogen-bond acceptors (Lipinski definition) is 4. The van der Waals surface area contributed by atoms with Crippen LogP contribution in [0.5, 0.6) is 11.5 Å². The fraction of sp³-hybridized carbons (Fsp3) is 0.300. The third kappa shape index (κ3) is 4.75. The van der Waals surface area contributed by atoms with E-state index in [1.807, 2.05) is 13.8 Å². The molecule has 0 bridgehead atoms. The van der Waals surface area contributed by atoms with Crippen molar-refractivity contribution in [2.45, 2.75) is 26.3 Å². The number of carbonyl (C=O) groups excluding carboxylic acids is 2. The highest BCUT2D eigenvalue weighted by Gasteiger charge is 2.16. The monoisotopic (exact) mass is 356 g/mol. The predicted octanol–water partition coefficient (Wildman–Crippen LogP) is 3.48. The number of amides is 2. The third-order valence-electron chi connectivity index (χ3n) is 4.02. The minimum atomic E-state index is -0.356.